The largest absolute Gasteiger partial charge is 0.389 e. The molecule has 0 saturated heterocycles. The lowest BCUT2D eigenvalue weighted by Gasteiger charge is -2.19. The molecule has 1 rings (SSSR count). The zero-order valence-corrected chi connectivity index (χ0v) is 10.9. The van der Waals surface area contributed by atoms with Crippen LogP contribution in [0.15, 0.2) is 18.2 Å². The first-order chi connectivity index (χ1) is 8.93. The van der Waals surface area contributed by atoms with Crippen molar-refractivity contribution in [1.82, 2.24) is 4.90 Å². The molecule has 0 aliphatic carbocycles. The van der Waals surface area contributed by atoms with Gasteiger partial charge in [0.1, 0.15) is 11.6 Å². The minimum Gasteiger partial charge on any atom is -0.389 e. The number of halogens is 2. The van der Waals surface area contributed by atoms with E-state index in [-0.39, 0.29) is 25.3 Å². The zero-order chi connectivity index (χ0) is 14.4. The van der Waals surface area contributed by atoms with Crippen molar-refractivity contribution < 1.29 is 23.4 Å². The van der Waals surface area contributed by atoms with Crippen LogP contribution in [0.1, 0.15) is 10.4 Å². The van der Waals surface area contributed by atoms with Gasteiger partial charge in [-0.05, 0) is 25.2 Å². The van der Waals surface area contributed by atoms with Crippen molar-refractivity contribution >= 4 is 5.78 Å². The molecule has 0 fully saturated rings. The average molecular weight is 273 g/mol. The molecule has 0 bridgehead atoms. The number of benzene rings is 1. The highest BCUT2D eigenvalue weighted by molar-refractivity contribution is 5.97. The molecule has 0 amide bonds. The van der Waals surface area contributed by atoms with Crippen LogP contribution in [0.4, 0.5) is 8.78 Å². The molecule has 1 aromatic carbocycles. The summed E-state index contributed by atoms with van der Waals surface area (Å²) in [5.41, 5.74) is -0.284. The smallest absolute Gasteiger partial charge is 0.179 e. The van der Waals surface area contributed by atoms with Gasteiger partial charge in [0.05, 0.1) is 24.8 Å². The second kappa shape index (κ2) is 7.28. The van der Waals surface area contributed by atoms with E-state index in [2.05, 4.69) is 0 Å². The van der Waals surface area contributed by atoms with E-state index >= 15 is 0 Å². The van der Waals surface area contributed by atoms with E-state index < -0.39 is 23.5 Å². The van der Waals surface area contributed by atoms with Gasteiger partial charge in [-0.1, -0.05) is 0 Å². The quantitative estimate of drug-likeness (QED) is 0.755. The molecule has 1 atom stereocenters. The SMILES string of the molecule is COCC(O)CN(C)CC(=O)c1cc(F)ccc1F. The van der Waals surface area contributed by atoms with Crippen molar-refractivity contribution in [1.29, 1.82) is 0 Å². The van der Waals surface area contributed by atoms with Crippen molar-refractivity contribution in [3.05, 3.63) is 35.4 Å². The van der Waals surface area contributed by atoms with Crippen LogP contribution in [0.25, 0.3) is 0 Å². The first kappa shape index (κ1) is 15.7. The van der Waals surface area contributed by atoms with Gasteiger partial charge < -0.3 is 9.84 Å². The summed E-state index contributed by atoms with van der Waals surface area (Å²) in [6, 6.07) is 2.75. The number of hydrogen-bond acceptors (Lipinski definition) is 4. The van der Waals surface area contributed by atoms with Crippen LogP contribution in [0.2, 0.25) is 0 Å². The van der Waals surface area contributed by atoms with Crippen molar-refractivity contribution in [3.8, 4) is 0 Å². The van der Waals surface area contributed by atoms with E-state index in [1.165, 1.54) is 12.0 Å². The molecule has 0 saturated carbocycles. The minimum atomic E-state index is -0.753. The van der Waals surface area contributed by atoms with Crippen LogP contribution in [0.3, 0.4) is 0 Å². The second-order valence-electron chi connectivity index (χ2n) is 4.35. The predicted octanol–water partition coefficient (Wildman–Crippen LogP) is 1.09. The van der Waals surface area contributed by atoms with Gasteiger partial charge in [-0.15, -0.1) is 0 Å². The fraction of sp³-hybridized carbons (Fsp3) is 0.462. The number of ketones is 1. The van der Waals surface area contributed by atoms with E-state index in [0.29, 0.717) is 0 Å². The summed E-state index contributed by atoms with van der Waals surface area (Å²) >= 11 is 0. The Bertz CT molecular complexity index is 440. The Morgan fingerprint density at radius 1 is 1.47 bits per heavy atom. The molecule has 1 unspecified atom stereocenters. The van der Waals surface area contributed by atoms with E-state index in [1.54, 1.807) is 7.05 Å². The van der Waals surface area contributed by atoms with E-state index in [1.807, 2.05) is 0 Å². The fourth-order valence-electron chi connectivity index (χ4n) is 1.71. The number of methoxy groups -OCH3 is 1. The highest BCUT2D eigenvalue weighted by Gasteiger charge is 2.16. The summed E-state index contributed by atoms with van der Waals surface area (Å²) in [4.78, 5) is 13.3. The Morgan fingerprint density at radius 3 is 2.79 bits per heavy atom. The zero-order valence-electron chi connectivity index (χ0n) is 10.9. The second-order valence-corrected chi connectivity index (χ2v) is 4.35. The maximum atomic E-state index is 13.4. The first-order valence-corrected chi connectivity index (χ1v) is 5.77. The lowest BCUT2D eigenvalue weighted by Crippen LogP contribution is -2.35. The summed E-state index contributed by atoms with van der Waals surface area (Å²) < 4.78 is 31.1. The summed E-state index contributed by atoms with van der Waals surface area (Å²) in [5, 5.41) is 9.49. The van der Waals surface area contributed by atoms with Crippen LogP contribution >= 0.6 is 0 Å². The number of rotatable bonds is 7. The van der Waals surface area contributed by atoms with Gasteiger partial charge >= 0.3 is 0 Å². The molecule has 106 valence electrons. The predicted molar refractivity (Wildman–Crippen MR) is 66.1 cm³/mol. The monoisotopic (exact) mass is 273 g/mol. The maximum Gasteiger partial charge on any atom is 0.179 e. The summed E-state index contributed by atoms with van der Waals surface area (Å²) in [5.74, 6) is -1.95. The maximum absolute atomic E-state index is 13.4. The van der Waals surface area contributed by atoms with E-state index in [9.17, 15) is 18.7 Å². The van der Waals surface area contributed by atoms with Gasteiger partial charge in [-0.3, -0.25) is 9.69 Å². The van der Waals surface area contributed by atoms with Crippen molar-refractivity contribution in [2.24, 2.45) is 0 Å². The Hall–Kier alpha value is -1.37. The summed E-state index contributed by atoms with van der Waals surface area (Å²) in [6.45, 7) is 0.241. The van der Waals surface area contributed by atoms with Crippen LogP contribution in [-0.2, 0) is 4.74 Å². The molecule has 4 nitrogen and oxygen atoms in total. The molecule has 0 aromatic heterocycles. The van der Waals surface area contributed by atoms with Crippen molar-refractivity contribution in [2.75, 3.05) is 33.9 Å². The molecule has 0 radical (unpaired) electrons. The lowest BCUT2D eigenvalue weighted by molar-refractivity contribution is 0.0427. The number of Topliss-reactive ketones (excluding diaryl/α,β-unsaturated/α-hetero) is 1. The molecule has 0 heterocycles. The van der Waals surface area contributed by atoms with Gasteiger partial charge in [0.2, 0.25) is 0 Å². The van der Waals surface area contributed by atoms with E-state index in [0.717, 1.165) is 18.2 Å². The molecule has 19 heavy (non-hydrogen) atoms. The fourth-order valence-corrected chi connectivity index (χ4v) is 1.71. The van der Waals surface area contributed by atoms with Crippen LogP contribution < -0.4 is 0 Å². The standard InChI is InChI=1S/C13H17F2NO3/c1-16(6-10(17)8-19-2)7-13(18)11-5-9(14)3-4-12(11)15/h3-5,10,17H,6-8H2,1-2H3. The van der Waals surface area contributed by atoms with Crippen molar-refractivity contribution in [2.45, 2.75) is 6.10 Å². The van der Waals surface area contributed by atoms with Gasteiger partial charge in [-0.2, -0.15) is 0 Å². The number of hydrogen-bond donors (Lipinski definition) is 1. The Balaban J connectivity index is 2.61. The van der Waals surface area contributed by atoms with E-state index in [4.69, 9.17) is 4.74 Å². The van der Waals surface area contributed by atoms with Gasteiger partial charge in [0.15, 0.2) is 5.78 Å². The first-order valence-electron chi connectivity index (χ1n) is 5.77. The van der Waals surface area contributed by atoms with Gasteiger partial charge in [0.25, 0.3) is 0 Å². The number of carbonyl (C=O) groups is 1. The molecule has 6 heteroatoms. The van der Waals surface area contributed by atoms with Crippen molar-refractivity contribution in [3.63, 3.8) is 0 Å². The number of nitrogens with zero attached hydrogens (tertiary/aromatic N) is 1. The Morgan fingerprint density at radius 2 is 2.16 bits per heavy atom. The number of aliphatic hydroxyl groups excluding tert-OH is 1. The minimum absolute atomic E-state index is 0.110. The summed E-state index contributed by atoms with van der Waals surface area (Å²) in [7, 11) is 3.06. The Labute approximate surface area is 110 Å². The summed E-state index contributed by atoms with van der Waals surface area (Å²) in [6.07, 6.45) is -0.736. The highest BCUT2D eigenvalue weighted by Crippen LogP contribution is 2.11. The molecular formula is C13H17F2NO3. The third-order valence-corrected chi connectivity index (χ3v) is 2.52. The van der Waals surface area contributed by atoms with Gasteiger partial charge in [-0.25, -0.2) is 8.78 Å². The Kier molecular flexibility index (Phi) is 6.01. The molecule has 0 aliphatic rings. The number of carbonyl (C=O) groups excluding carboxylic acids is 1. The highest BCUT2D eigenvalue weighted by atomic mass is 19.1. The molecule has 0 spiro atoms. The lowest BCUT2D eigenvalue weighted by atomic mass is 10.1. The number of likely N-dealkylation sites (N-methyl/N-ethyl adjacent to an activating group) is 1. The average Bonchev–Trinajstić information content (AvgIpc) is 2.32. The normalized spacial score (nSPS) is 12.7. The molecule has 1 N–H and O–H groups in total. The molecular weight excluding hydrogens is 256 g/mol. The van der Waals surface area contributed by atoms with Gasteiger partial charge in [0, 0.05) is 13.7 Å². The number of ether oxygens (including phenoxy) is 1. The molecule has 0 aliphatic heterocycles. The third kappa shape index (κ3) is 5.02. The van der Waals surface area contributed by atoms with Crippen LogP contribution in [0, 0.1) is 11.6 Å². The van der Waals surface area contributed by atoms with Crippen LogP contribution in [-0.4, -0.2) is 55.7 Å². The van der Waals surface area contributed by atoms with Crippen LogP contribution in [0.5, 0.6) is 0 Å². The topological polar surface area (TPSA) is 49.8 Å². The number of aliphatic hydroxyl groups is 1. The third-order valence-electron chi connectivity index (χ3n) is 2.52. The molecule has 1 aromatic rings.